The molecule has 0 spiro atoms. The minimum atomic E-state index is -0.0150. The Morgan fingerprint density at radius 3 is 2.52 bits per heavy atom. The maximum Gasteiger partial charge on any atom is 0.257 e. The largest absolute Gasteiger partial charge is 0.335 e. The lowest BCUT2D eigenvalue weighted by molar-refractivity contribution is 0.0441. The van der Waals surface area contributed by atoms with Gasteiger partial charge in [0.25, 0.3) is 5.91 Å². The summed E-state index contributed by atoms with van der Waals surface area (Å²) in [4.78, 5) is 15.6. The van der Waals surface area contributed by atoms with E-state index in [9.17, 15) is 4.79 Å². The molecular formula is C23H33ClN4O. The van der Waals surface area contributed by atoms with Gasteiger partial charge in [-0.15, -0.1) is 0 Å². The Labute approximate surface area is 179 Å². The number of nitrogens with zero attached hydrogens (tertiary/aromatic N) is 3. The van der Waals surface area contributed by atoms with Crippen molar-refractivity contribution in [3.8, 4) is 5.69 Å². The van der Waals surface area contributed by atoms with E-state index < -0.39 is 0 Å². The summed E-state index contributed by atoms with van der Waals surface area (Å²) >= 11 is 6.30. The Bertz CT molecular complexity index is 842. The van der Waals surface area contributed by atoms with Gasteiger partial charge in [-0.2, -0.15) is 5.10 Å². The molecule has 0 radical (unpaired) electrons. The van der Waals surface area contributed by atoms with Crippen LogP contribution in [0.2, 0.25) is 5.02 Å². The van der Waals surface area contributed by atoms with E-state index in [0.29, 0.717) is 10.6 Å². The van der Waals surface area contributed by atoms with Crippen molar-refractivity contribution in [3.05, 3.63) is 47.2 Å². The molecule has 158 valence electrons. The van der Waals surface area contributed by atoms with Gasteiger partial charge < -0.3 is 10.2 Å². The minimum Gasteiger partial charge on any atom is -0.335 e. The number of rotatable bonds is 6. The second kappa shape index (κ2) is 8.49. The third-order valence-electron chi connectivity index (χ3n) is 5.55. The average Bonchev–Trinajstić information content (AvgIpc) is 3.09. The third-order valence-corrected chi connectivity index (χ3v) is 5.87. The number of hydrogen-bond acceptors (Lipinski definition) is 3. The molecule has 1 aliphatic heterocycles. The molecule has 0 saturated carbocycles. The van der Waals surface area contributed by atoms with Gasteiger partial charge in [0.05, 0.1) is 22.5 Å². The first-order valence-corrected chi connectivity index (χ1v) is 10.9. The normalized spacial score (nSPS) is 18.6. The van der Waals surface area contributed by atoms with Gasteiger partial charge >= 0.3 is 0 Å². The Morgan fingerprint density at radius 2 is 1.90 bits per heavy atom. The quantitative estimate of drug-likeness (QED) is 0.714. The zero-order valence-electron chi connectivity index (χ0n) is 18.2. The number of para-hydroxylation sites is 1. The second-order valence-corrected chi connectivity index (χ2v) is 9.84. The van der Waals surface area contributed by atoms with E-state index in [1.54, 1.807) is 17.1 Å². The van der Waals surface area contributed by atoms with Crippen molar-refractivity contribution in [2.24, 2.45) is 0 Å². The van der Waals surface area contributed by atoms with E-state index in [1.807, 2.05) is 24.3 Å². The predicted molar refractivity (Wildman–Crippen MR) is 119 cm³/mol. The number of carbonyl (C=O) groups excluding carboxylic acids is 1. The lowest BCUT2D eigenvalue weighted by Gasteiger charge is -2.49. The van der Waals surface area contributed by atoms with E-state index in [2.05, 4.69) is 49.9 Å². The lowest BCUT2D eigenvalue weighted by atomic mass is 9.79. The lowest BCUT2D eigenvalue weighted by Crippen LogP contribution is -2.62. The third kappa shape index (κ3) is 5.20. The molecule has 5 nitrogen and oxygen atoms in total. The molecule has 6 heteroatoms. The summed E-state index contributed by atoms with van der Waals surface area (Å²) in [5.41, 5.74) is 1.35. The monoisotopic (exact) mass is 416 g/mol. The van der Waals surface area contributed by atoms with E-state index in [0.717, 1.165) is 37.9 Å². The van der Waals surface area contributed by atoms with Crippen LogP contribution in [0.15, 0.2) is 36.7 Å². The summed E-state index contributed by atoms with van der Waals surface area (Å²) in [6.45, 7) is 11.8. The zero-order valence-corrected chi connectivity index (χ0v) is 19.0. The van der Waals surface area contributed by atoms with Crippen molar-refractivity contribution in [3.63, 3.8) is 0 Å². The van der Waals surface area contributed by atoms with E-state index >= 15 is 0 Å². The zero-order chi connectivity index (χ0) is 21.2. The van der Waals surface area contributed by atoms with E-state index in [1.165, 1.54) is 0 Å². The molecule has 1 saturated heterocycles. The number of carbonyl (C=O) groups is 1. The number of aromatic nitrogens is 2. The summed E-state index contributed by atoms with van der Waals surface area (Å²) in [7, 11) is 0. The van der Waals surface area contributed by atoms with Crippen LogP contribution >= 0.6 is 11.6 Å². The van der Waals surface area contributed by atoms with E-state index in [-0.39, 0.29) is 23.0 Å². The smallest absolute Gasteiger partial charge is 0.257 e. The van der Waals surface area contributed by atoms with Crippen LogP contribution in [0.4, 0.5) is 0 Å². The van der Waals surface area contributed by atoms with Crippen molar-refractivity contribution < 1.29 is 4.79 Å². The first-order chi connectivity index (χ1) is 13.6. The van der Waals surface area contributed by atoms with Gasteiger partial charge in [-0.05, 0) is 59.1 Å². The summed E-state index contributed by atoms with van der Waals surface area (Å²) in [5, 5.41) is 8.73. The highest BCUT2D eigenvalue weighted by Gasteiger charge is 2.41. The fourth-order valence-corrected chi connectivity index (χ4v) is 4.86. The van der Waals surface area contributed by atoms with Crippen LogP contribution in [-0.2, 0) is 0 Å². The maximum atomic E-state index is 13.5. The molecule has 1 aromatic heterocycles. The maximum absolute atomic E-state index is 13.5. The number of halogens is 1. The van der Waals surface area contributed by atoms with Crippen LogP contribution in [0.1, 0.15) is 70.7 Å². The van der Waals surface area contributed by atoms with Gasteiger partial charge in [0.2, 0.25) is 0 Å². The van der Waals surface area contributed by atoms with Crippen LogP contribution in [0.25, 0.3) is 5.69 Å². The van der Waals surface area contributed by atoms with Crippen molar-refractivity contribution in [1.82, 2.24) is 20.0 Å². The van der Waals surface area contributed by atoms with Crippen molar-refractivity contribution in [1.29, 1.82) is 0 Å². The van der Waals surface area contributed by atoms with Crippen molar-refractivity contribution in [2.75, 3.05) is 6.54 Å². The molecule has 3 rings (SSSR count). The first kappa shape index (κ1) is 21.8. The molecular weight excluding hydrogens is 384 g/mol. The van der Waals surface area contributed by atoms with Gasteiger partial charge in [0.15, 0.2) is 0 Å². The van der Waals surface area contributed by atoms with E-state index in [4.69, 9.17) is 11.6 Å². The summed E-state index contributed by atoms with van der Waals surface area (Å²) in [6, 6.07) is 7.72. The van der Waals surface area contributed by atoms with Gasteiger partial charge in [0.1, 0.15) is 0 Å². The number of nitrogens with one attached hydrogen (secondary N) is 1. The number of benzene rings is 1. The van der Waals surface area contributed by atoms with Crippen LogP contribution in [0.5, 0.6) is 0 Å². The minimum absolute atomic E-state index is 0.0150. The molecule has 1 amide bonds. The number of unbranched alkanes of at least 4 members (excludes halogenated alkanes) is 1. The van der Waals surface area contributed by atoms with Crippen molar-refractivity contribution >= 4 is 17.5 Å². The van der Waals surface area contributed by atoms with Gasteiger partial charge in [0, 0.05) is 29.9 Å². The molecule has 1 fully saturated rings. The number of piperidine rings is 1. The molecule has 2 heterocycles. The van der Waals surface area contributed by atoms with Crippen LogP contribution < -0.4 is 5.32 Å². The highest BCUT2D eigenvalue weighted by atomic mass is 35.5. The van der Waals surface area contributed by atoms with Crippen LogP contribution in [0.3, 0.4) is 0 Å². The average molecular weight is 417 g/mol. The standard InChI is InChI=1S/C23H33ClN4O/c1-6-7-12-27(18-13-22(2,3)26-23(4,5)14-18)21(29)17-15-25-28(16-17)20-11-9-8-10-19(20)24/h8-11,15-16,18,26H,6-7,12-14H2,1-5H3. The summed E-state index contributed by atoms with van der Waals surface area (Å²) in [5.74, 6) is 0.0512. The number of hydrogen-bond donors (Lipinski definition) is 1. The second-order valence-electron chi connectivity index (χ2n) is 9.43. The molecule has 1 N–H and O–H groups in total. The van der Waals surface area contributed by atoms with Gasteiger partial charge in [-0.3, -0.25) is 4.79 Å². The Balaban J connectivity index is 1.88. The SMILES string of the molecule is CCCCN(C(=O)c1cnn(-c2ccccc2Cl)c1)C1CC(C)(C)NC(C)(C)C1. The predicted octanol–water partition coefficient (Wildman–Crippen LogP) is 5.08. The molecule has 1 aromatic carbocycles. The topological polar surface area (TPSA) is 50.2 Å². The Kier molecular flexibility index (Phi) is 6.39. The summed E-state index contributed by atoms with van der Waals surface area (Å²) < 4.78 is 1.68. The first-order valence-electron chi connectivity index (χ1n) is 10.5. The molecule has 0 unspecified atom stereocenters. The molecule has 0 atom stereocenters. The molecule has 0 bridgehead atoms. The molecule has 2 aromatic rings. The molecule has 1 aliphatic rings. The fraction of sp³-hybridized carbons (Fsp3) is 0.565. The van der Waals surface area contributed by atoms with Crippen LogP contribution in [-0.4, -0.2) is 44.3 Å². The fourth-order valence-electron chi connectivity index (χ4n) is 4.64. The van der Waals surface area contributed by atoms with Gasteiger partial charge in [-0.1, -0.05) is 37.1 Å². The molecule has 0 aliphatic carbocycles. The van der Waals surface area contributed by atoms with Crippen molar-refractivity contribution in [2.45, 2.75) is 77.4 Å². The van der Waals surface area contributed by atoms with Crippen LogP contribution in [0, 0.1) is 0 Å². The number of amides is 1. The Morgan fingerprint density at radius 1 is 1.24 bits per heavy atom. The highest BCUT2D eigenvalue weighted by molar-refractivity contribution is 6.32. The van der Waals surface area contributed by atoms with Gasteiger partial charge in [-0.25, -0.2) is 4.68 Å². The highest BCUT2D eigenvalue weighted by Crippen LogP contribution is 2.32. The molecule has 29 heavy (non-hydrogen) atoms. The Hall–Kier alpha value is -1.85. The summed E-state index contributed by atoms with van der Waals surface area (Å²) in [6.07, 6.45) is 7.37.